The zero-order valence-electron chi connectivity index (χ0n) is 14.0. The molecule has 124 valence electrons. The molecule has 0 radical (unpaired) electrons. The number of carbonyl (C=O) groups excluding carboxylic acids is 1. The molecule has 1 saturated heterocycles. The number of aryl methyl sites for hydroxylation is 1. The second-order valence-corrected chi connectivity index (χ2v) is 6.70. The molecule has 0 aromatic carbocycles. The van der Waals surface area contributed by atoms with Gasteiger partial charge < -0.3 is 4.90 Å². The molecule has 3 rings (SSSR count). The van der Waals surface area contributed by atoms with Gasteiger partial charge in [-0.1, -0.05) is 13.8 Å². The number of nitrogens with zero attached hydrogens (tertiary/aromatic N) is 4. The number of carbonyl (C=O) groups is 1. The van der Waals surface area contributed by atoms with E-state index in [1.54, 1.807) is 21.4 Å². The number of fused-ring (bicyclic) bond motifs is 1. The van der Waals surface area contributed by atoms with E-state index in [9.17, 15) is 9.59 Å². The topological polar surface area (TPSA) is 60.1 Å². The lowest BCUT2D eigenvalue weighted by atomic mass is 9.92. The van der Waals surface area contributed by atoms with Gasteiger partial charge in [0.2, 0.25) is 5.91 Å². The zero-order chi connectivity index (χ0) is 16.6. The van der Waals surface area contributed by atoms with Gasteiger partial charge in [0.05, 0.1) is 5.52 Å². The first-order chi connectivity index (χ1) is 11.0. The van der Waals surface area contributed by atoms with Crippen molar-refractivity contribution in [2.75, 3.05) is 13.1 Å². The molecule has 1 aliphatic heterocycles. The van der Waals surface area contributed by atoms with Crippen molar-refractivity contribution >= 4 is 17.1 Å². The maximum Gasteiger partial charge on any atom is 0.330 e. The van der Waals surface area contributed by atoms with Gasteiger partial charge in [0.15, 0.2) is 5.65 Å². The minimum Gasteiger partial charge on any atom is -0.341 e. The van der Waals surface area contributed by atoms with Crippen molar-refractivity contribution in [3.63, 3.8) is 0 Å². The second-order valence-electron chi connectivity index (χ2n) is 6.70. The number of pyridine rings is 1. The Bertz CT molecular complexity index is 766. The smallest absolute Gasteiger partial charge is 0.330 e. The molecule has 0 aliphatic carbocycles. The van der Waals surface area contributed by atoms with Crippen molar-refractivity contribution in [1.29, 1.82) is 0 Å². The lowest BCUT2D eigenvalue weighted by Gasteiger charge is -2.35. The third kappa shape index (κ3) is 2.90. The Morgan fingerprint density at radius 1 is 1.26 bits per heavy atom. The van der Waals surface area contributed by atoms with Crippen LogP contribution in [0, 0.1) is 11.8 Å². The van der Waals surface area contributed by atoms with Crippen LogP contribution in [0.5, 0.6) is 0 Å². The highest BCUT2D eigenvalue weighted by Gasteiger charge is 2.26. The van der Waals surface area contributed by atoms with Crippen LogP contribution in [0.4, 0.5) is 0 Å². The number of piperidine rings is 1. The van der Waals surface area contributed by atoms with Gasteiger partial charge >= 0.3 is 5.69 Å². The van der Waals surface area contributed by atoms with E-state index in [4.69, 9.17) is 0 Å². The Morgan fingerprint density at radius 2 is 1.96 bits per heavy atom. The van der Waals surface area contributed by atoms with E-state index in [-0.39, 0.29) is 18.1 Å². The fraction of sp³-hybridized carbons (Fsp3) is 0.588. The molecule has 6 nitrogen and oxygen atoms in total. The van der Waals surface area contributed by atoms with Gasteiger partial charge in [-0.15, -0.1) is 0 Å². The van der Waals surface area contributed by atoms with E-state index >= 15 is 0 Å². The predicted molar refractivity (Wildman–Crippen MR) is 89.2 cm³/mol. The Labute approximate surface area is 135 Å². The summed E-state index contributed by atoms with van der Waals surface area (Å²) in [7, 11) is 0. The highest BCUT2D eigenvalue weighted by molar-refractivity contribution is 5.79. The van der Waals surface area contributed by atoms with Gasteiger partial charge in [0, 0.05) is 25.8 Å². The molecule has 1 amide bonds. The van der Waals surface area contributed by atoms with Crippen molar-refractivity contribution in [3.05, 3.63) is 28.8 Å². The molecule has 2 aromatic heterocycles. The first-order valence-corrected chi connectivity index (χ1v) is 8.33. The third-order valence-corrected chi connectivity index (χ3v) is 4.61. The standard InChI is InChI=1S/C17H24N4O2/c1-4-20-16-14(6-5-7-18-16)21(17(20)23)11-15(22)19-9-12(2)8-13(3)10-19/h5-7,12-13H,4,8-11H2,1-3H3/t12-,13-/m0/s1. The molecule has 1 fully saturated rings. The van der Waals surface area contributed by atoms with Crippen LogP contribution < -0.4 is 5.69 Å². The van der Waals surface area contributed by atoms with E-state index in [1.165, 1.54) is 0 Å². The van der Waals surface area contributed by atoms with Gasteiger partial charge in [-0.2, -0.15) is 0 Å². The van der Waals surface area contributed by atoms with Crippen LogP contribution in [0.1, 0.15) is 27.2 Å². The van der Waals surface area contributed by atoms with Crippen LogP contribution in [0.15, 0.2) is 23.1 Å². The average Bonchev–Trinajstić information content (AvgIpc) is 2.78. The fourth-order valence-electron chi connectivity index (χ4n) is 3.69. The van der Waals surface area contributed by atoms with E-state index in [2.05, 4.69) is 18.8 Å². The van der Waals surface area contributed by atoms with Gasteiger partial charge in [-0.25, -0.2) is 9.78 Å². The van der Waals surface area contributed by atoms with Crippen molar-refractivity contribution in [2.24, 2.45) is 11.8 Å². The molecule has 0 bridgehead atoms. The summed E-state index contributed by atoms with van der Waals surface area (Å²) in [4.78, 5) is 31.5. The number of amides is 1. The second kappa shape index (κ2) is 6.18. The van der Waals surface area contributed by atoms with Gasteiger partial charge in [0.1, 0.15) is 6.54 Å². The number of rotatable bonds is 3. The number of hydrogen-bond acceptors (Lipinski definition) is 3. The van der Waals surface area contributed by atoms with Crippen LogP contribution in [0.2, 0.25) is 0 Å². The molecule has 0 spiro atoms. The van der Waals surface area contributed by atoms with E-state index in [1.807, 2.05) is 17.9 Å². The molecule has 23 heavy (non-hydrogen) atoms. The van der Waals surface area contributed by atoms with Crippen molar-refractivity contribution in [1.82, 2.24) is 19.0 Å². The number of hydrogen-bond donors (Lipinski definition) is 0. The number of likely N-dealkylation sites (tertiary alicyclic amines) is 1. The van der Waals surface area contributed by atoms with Gasteiger partial charge in [-0.3, -0.25) is 13.9 Å². The summed E-state index contributed by atoms with van der Waals surface area (Å²) in [5.41, 5.74) is 1.21. The lowest BCUT2D eigenvalue weighted by Crippen LogP contribution is -2.44. The summed E-state index contributed by atoms with van der Waals surface area (Å²) in [5.74, 6) is 1.04. The summed E-state index contributed by atoms with van der Waals surface area (Å²) in [6.45, 7) is 8.46. The molecule has 0 unspecified atom stereocenters. The van der Waals surface area contributed by atoms with E-state index < -0.39 is 0 Å². The zero-order valence-corrected chi connectivity index (χ0v) is 14.0. The molecule has 2 atom stereocenters. The predicted octanol–water partition coefficient (Wildman–Crippen LogP) is 1.72. The van der Waals surface area contributed by atoms with E-state index in [0.717, 1.165) is 25.0 Å². The van der Waals surface area contributed by atoms with Crippen LogP contribution in [0.25, 0.3) is 11.2 Å². The highest BCUT2D eigenvalue weighted by Crippen LogP contribution is 2.21. The summed E-state index contributed by atoms with van der Waals surface area (Å²) in [6, 6.07) is 3.65. The Morgan fingerprint density at radius 3 is 2.61 bits per heavy atom. The molecular formula is C17H24N4O2. The Kier molecular flexibility index (Phi) is 4.24. The monoisotopic (exact) mass is 316 g/mol. The lowest BCUT2D eigenvalue weighted by molar-refractivity contribution is -0.134. The van der Waals surface area contributed by atoms with E-state index in [0.29, 0.717) is 24.0 Å². The van der Waals surface area contributed by atoms with Crippen molar-refractivity contribution in [2.45, 2.75) is 40.3 Å². The van der Waals surface area contributed by atoms with Crippen LogP contribution in [-0.4, -0.2) is 38.0 Å². The summed E-state index contributed by atoms with van der Waals surface area (Å²) in [6.07, 6.45) is 2.83. The van der Waals surface area contributed by atoms with Crippen molar-refractivity contribution < 1.29 is 4.79 Å². The maximum atomic E-state index is 12.7. The molecule has 2 aromatic rings. The quantitative estimate of drug-likeness (QED) is 0.866. The first-order valence-electron chi connectivity index (χ1n) is 8.33. The number of imidazole rings is 1. The van der Waals surface area contributed by atoms with Crippen LogP contribution in [-0.2, 0) is 17.9 Å². The molecular weight excluding hydrogens is 292 g/mol. The minimum absolute atomic E-state index is 0.0181. The molecule has 0 saturated carbocycles. The molecule has 6 heteroatoms. The minimum atomic E-state index is -0.160. The fourth-order valence-corrected chi connectivity index (χ4v) is 3.69. The Hall–Kier alpha value is -2.11. The largest absolute Gasteiger partial charge is 0.341 e. The summed E-state index contributed by atoms with van der Waals surface area (Å²) < 4.78 is 3.17. The van der Waals surface area contributed by atoms with Gasteiger partial charge in [0.25, 0.3) is 0 Å². The molecule has 0 N–H and O–H groups in total. The average molecular weight is 316 g/mol. The van der Waals surface area contributed by atoms with Gasteiger partial charge in [-0.05, 0) is 37.3 Å². The van der Waals surface area contributed by atoms with Crippen molar-refractivity contribution in [3.8, 4) is 0 Å². The number of aromatic nitrogens is 3. The van der Waals surface area contributed by atoms with Crippen LogP contribution in [0.3, 0.4) is 0 Å². The normalized spacial score (nSPS) is 21.8. The summed E-state index contributed by atoms with van der Waals surface area (Å²) in [5, 5.41) is 0. The first kappa shape index (κ1) is 15.8. The van der Waals surface area contributed by atoms with Crippen LogP contribution >= 0.6 is 0 Å². The maximum absolute atomic E-state index is 12.7. The molecule has 1 aliphatic rings. The SMILES string of the molecule is CCn1c(=O)n(CC(=O)N2C[C@@H](C)C[C@H](C)C2)c2cccnc21. The Balaban J connectivity index is 1.91. The molecule has 3 heterocycles. The summed E-state index contributed by atoms with van der Waals surface area (Å²) >= 11 is 0. The third-order valence-electron chi connectivity index (χ3n) is 4.61. The highest BCUT2D eigenvalue weighted by atomic mass is 16.2.